The predicted molar refractivity (Wildman–Crippen MR) is 66.8 cm³/mol. The first-order valence-electron chi connectivity index (χ1n) is 4.78. The largest absolute Gasteiger partial charge is 0.506 e. The Morgan fingerprint density at radius 2 is 2.18 bits per heavy atom. The van der Waals surface area contributed by atoms with Crippen molar-refractivity contribution in [1.82, 2.24) is 9.97 Å². The Morgan fingerprint density at radius 1 is 1.29 bits per heavy atom. The van der Waals surface area contributed by atoms with E-state index in [0.717, 1.165) is 0 Å². The van der Waals surface area contributed by atoms with Crippen molar-refractivity contribution in [2.75, 3.05) is 0 Å². The second-order valence-electron chi connectivity index (χ2n) is 3.30. The quantitative estimate of drug-likeness (QED) is 0.721. The van der Waals surface area contributed by atoms with E-state index >= 15 is 0 Å². The number of ketones is 1. The molecule has 0 fully saturated rings. The van der Waals surface area contributed by atoms with Gasteiger partial charge in [-0.05, 0) is 12.1 Å². The SMILES string of the molecule is O=C(c1nccs1)c1sc2ncccc2c1O. The number of rotatable bonds is 2. The van der Waals surface area contributed by atoms with Crippen molar-refractivity contribution >= 4 is 38.7 Å². The lowest BCUT2D eigenvalue weighted by Crippen LogP contribution is -1.97. The molecule has 0 spiro atoms. The summed E-state index contributed by atoms with van der Waals surface area (Å²) < 4.78 is 0. The number of nitrogens with zero attached hydrogens (tertiary/aromatic N) is 2. The number of hydrogen-bond acceptors (Lipinski definition) is 6. The molecular weight excluding hydrogens is 256 g/mol. The fraction of sp³-hybridized carbons (Fsp3) is 0. The van der Waals surface area contributed by atoms with E-state index < -0.39 is 0 Å². The van der Waals surface area contributed by atoms with E-state index in [9.17, 15) is 9.90 Å². The molecule has 0 aliphatic heterocycles. The number of fused-ring (bicyclic) bond motifs is 1. The van der Waals surface area contributed by atoms with Crippen molar-refractivity contribution in [3.63, 3.8) is 0 Å². The molecule has 3 aromatic heterocycles. The summed E-state index contributed by atoms with van der Waals surface area (Å²) in [6, 6.07) is 3.47. The maximum absolute atomic E-state index is 12.1. The third-order valence-corrected chi connectivity index (χ3v) is 4.15. The van der Waals surface area contributed by atoms with Crippen LogP contribution in [0.25, 0.3) is 10.2 Å². The average molecular weight is 262 g/mol. The minimum absolute atomic E-state index is 0.00157. The second kappa shape index (κ2) is 3.90. The first kappa shape index (κ1) is 10.4. The van der Waals surface area contributed by atoms with Crippen LogP contribution in [0.3, 0.4) is 0 Å². The Balaban J connectivity index is 2.18. The van der Waals surface area contributed by atoms with Gasteiger partial charge in [-0.15, -0.1) is 22.7 Å². The molecule has 3 aromatic rings. The Bertz CT molecular complexity index is 689. The predicted octanol–water partition coefficient (Wildman–Crippen LogP) is 2.69. The van der Waals surface area contributed by atoms with Crippen LogP contribution < -0.4 is 0 Å². The fourth-order valence-corrected chi connectivity index (χ4v) is 3.13. The van der Waals surface area contributed by atoms with E-state index in [0.29, 0.717) is 20.1 Å². The Hall–Kier alpha value is -1.79. The monoisotopic (exact) mass is 262 g/mol. The van der Waals surface area contributed by atoms with Gasteiger partial charge in [-0.2, -0.15) is 0 Å². The van der Waals surface area contributed by atoms with Crippen LogP contribution in [-0.4, -0.2) is 20.9 Å². The van der Waals surface area contributed by atoms with Gasteiger partial charge in [0.15, 0.2) is 5.01 Å². The van der Waals surface area contributed by atoms with Crippen LogP contribution in [-0.2, 0) is 0 Å². The van der Waals surface area contributed by atoms with Crippen molar-refractivity contribution in [3.8, 4) is 5.75 Å². The standard InChI is InChI=1S/C11H6N2O2S2/c14-7-6-2-1-3-12-10(6)17-9(7)8(15)11-13-4-5-16-11/h1-5,14H. The zero-order valence-electron chi connectivity index (χ0n) is 8.45. The lowest BCUT2D eigenvalue weighted by molar-refractivity contribution is 0.104. The van der Waals surface area contributed by atoms with Gasteiger partial charge in [0.1, 0.15) is 15.5 Å². The van der Waals surface area contributed by atoms with E-state index in [1.54, 1.807) is 29.9 Å². The molecular formula is C11H6N2O2S2. The van der Waals surface area contributed by atoms with Gasteiger partial charge >= 0.3 is 0 Å². The third kappa shape index (κ3) is 1.62. The van der Waals surface area contributed by atoms with Gasteiger partial charge in [-0.25, -0.2) is 9.97 Å². The number of aromatic hydroxyl groups is 1. The van der Waals surface area contributed by atoms with Crippen molar-refractivity contribution in [3.05, 3.63) is 39.8 Å². The summed E-state index contributed by atoms with van der Waals surface area (Å²) in [6.45, 7) is 0. The normalized spacial score (nSPS) is 10.8. The van der Waals surface area contributed by atoms with E-state index in [2.05, 4.69) is 9.97 Å². The van der Waals surface area contributed by atoms with Crippen molar-refractivity contribution < 1.29 is 9.90 Å². The molecule has 84 valence electrons. The lowest BCUT2D eigenvalue weighted by Gasteiger charge is -1.93. The summed E-state index contributed by atoms with van der Waals surface area (Å²) in [4.78, 5) is 21.1. The van der Waals surface area contributed by atoms with Gasteiger partial charge in [0, 0.05) is 17.8 Å². The van der Waals surface area contributed by atoms with E-state index in [1.807, 2.05) is 0 Å². The number of hydrogen-bond donors (Lipinski definition) is 1. The fourth-order valence-electron chi connectivity index (χ4n) is 1.51. The molecule has 0 bridgehead atoms. The molecule has 0 unspecified atom stereocenters. The summed E-state index contributed by atoms with van der Waals surface area (Å²) in [5.74, 6) is -0.251. The molecule has 0 saturated carbocycles. The molecule has 17 heavy (non-hydrogen) atoms. The van der Waals surface area contributed by atoms with Gasteiger partial charge in [-0.1, -0.05) is 0 Å². The van der Waals surface area contributed by atoms with Crippen LogP contribution in [0.2, 0.25) is 0 Å². The van der Waals surface area contributed by atoms with Gasteiger partial charge in [0.05, 0.1) is 5.39 Å². The molecule has 4 nitrogen and oxygen atoms in total. The van der Waals surface area contributed by atoms with Gasteiger partial charge < -0.3 is 5.11 Å². The number of carbonyl (C=O) groups excluding carboxylic acids is 1. The van der Waals surface area contributed by atoms with E-state index in [1.165, 1.54) is 22.7 Å². The highest BCUT2D eigenvalue weighted by Crippen LogP contribution is 2.36. The number of pyridine rings is 1. The maximum Gasteiger partial charge on any atom is 0.235 e. The second-order valence-corrected chi connectivity index (χ2v) is 5.20. The summed E-state index contributed by atoms with van der Waals surface area (Å²) >= 11 is 2.45. The van der Waals surface area contributed by atoms with Crippen molar-refractivity contribution in [2.24, 2.45) is 0 Å². The van der Waals surface area contributed by atoms with Crippen LogP contribution in [0.1, 0.15) is 14.7 Å². The highest BCUT2D eigenvalue weighted by atomic mass is 32.1. The minimum atomic E-state index is -0.250. The van der Waals surface area contributed by atoms with Crippen LogP contribution in [0.4, 0.5) is 0 Å². The van der Waals surface area contributed by atoms with E-state index in [-0.39, 0.29) is 11.5 Å². The van der Waals surface area contributed by atoms with Crippen LogP contribution >= 0.6 is 22.7 Å². The molecule has 0 amide bonds. The zero-order chi connectivity index (χ0) is 11.8. The van der Waals surface area contributed by atoms with Crippen LogP contribution in [0.15, 0.2) is 29.9 Å². The lowest BCUT2D eigenvalue weighted by atomic mass is 10.2. The first-order valence-corrected chi connectivity index (χ1v) is 6.47. The Morgan fingerprint density at radius 3 is 2.88 bits per heavy atom. The number of thiophene rings is 1. The topological polar surface area (TPSA) is 63.1 Å². The zero-order valence-corrected chi connectivity index (χ0v) is 10.1. The Labute approximate surface area is 104 Å². The Kier molecular flexibility index (Phi) is 2.38. The van der Waals surface area contributed by atoms with Gasteiger partial charge in [0.25, 0.3) is 0 Å². The molecule has 3 rings (SSSR count). The third-order valence-electron chi connectivity index (χ3n) is 2.27. The molecule has 0 aliphatic rings. The molecule has 6 heteroatoms. The summed E-state index contributed by atoms with van der Waals surface area (Å²) in [7, 11) is 0. The summed E-state index contributed by atoms with van der Waals surface area (Å²) in [6.07, 6.45) is 3.20. The van der Waals surface area contributed by atoms with Gasteiger partial charge in [-0.3, -0.25) is 4.79 Å². The molecule has 0 radical (unpaired) electrons. The minimum Gasteiger partial charge on any atom is -0.506 e. The highest BCUT2D eigenvalue weighted by Gasteiger charge is 2.21. The number of thiazole rings is 1. The molecule has 3 heterocycles. The van der Waals surface area contributed by atoms with E-state index in [4.69, 9.17) is 0 Å². The smallest absolute Gasteiger partial charge is 0.235 e. The average Bonchev–Trinajstić information content (AvgIpc) is 2.97. The number of carbonyl (C=O) groups is 1. The summed E-state index contributed by atoms with van der Waals surface area (Å²) in [5, 5.41) is 12.7. The summed E-state index contributed by atoms with van der Waals surface area (Å²) in [5.41, 5.74) is 0. The maximum atomic E-state index is 12.1. The first-order chi connectivity index (χ1) is 8.27. The number of aromatic nitrogens is 2. The van der Waals surface area contributed by atoms with Crippen molar-refractivity contribution in [1.29, 1.82) is 0 Å². The van der Waals surface area contributed by atoms with Crippen LogP contribution in [0.5, 0.6) is 5.75 Å². The highest BCUT2D eigenvalue weighted by molar-refractivity contribution is 7.22. The molecule has 0 atom stereocenters. The molecule has 0 aliphatic carbocycles. The van der Waals surface area contributed by atoms with Gasteiger partial charge in [0.2, 0.25) is 5.78 Å². The molecule has 1 N–H and O–H groups in total. The van der Waals surface area contributed by atoms with Crippen LogP contribution in [0, 0.1) is 0 Å². The molecule has 0 aromatic carbocycles. The van der Waals surface area contributed by atoms with Crippen molar-refractivity contribution in [2.45, 2.75) is 0 Å². The molecule has 0 saturated heterocycles.